The van der Waals surface area contributed by atoms with E-state index in [-0.39, 0.29) is 10.5 Å². The molecule has 0 aromatic heterocycles. The molecule has 0 radical (unpaired) electrons. The van der Waals surface area contributed by atoms with Gasteiger partial charge >= 0.3 is 0 Å². The van der Waals surface area contributed by atoms with Gasteiger partial charge in [-0.2, -0.15) is 0 Å². The molecule has 0 spiro atoms. The van der Waals surface area contributed by atoms with Crippen LogP contribution in [0.5, 0.6) is 0 Å². The summed E-state index contributed by atoms with van der Waals surface area (Å²) < 4.78 is 32.8. The number of nitrogens with one attached hydrogen (secondary N) is 2. The zero-order valence-corrected chi connectivity index (χ0v) is 13.5. The zero-order chi connectivity index (χ0) is 15.3. The third-order valence-electron chi connectivity index (χ3n) is 3.68. The summed E-state index contributed by atoms with van der Waals surface area (Å²) in [6.45, 7) is 5.92. The van der Waals surface area contributed by atoms with Gasteiger partial charge in [0.1, 0.15) is 0 Å². The van der Waals surface area contributed by atoms with Gasteiger partial charge in [0.25, 0.3) is 0 Å². The van der Waals surface area contributed by atoms with Gasteiger partial charge in [-0.1, -0.05) is 6.92 Å². The maximum atomic E-state index is 12.3. The number of hydrogen-bond acceptors (Lipinski definition) is 4. The standard InChI is InChI=1S/C15H24N2O3S/c1-3-10-16-13-5-7-14(8-6-13)21(18,19)17-12-15(2)9-4-11-20-15/h5-8,16-17H,3-4,9-12H2,1-2H3. The molecule has 6 heteroatoms. The molecule has 0 amide bonds. The molecule has 5 nitrogen and oxygen atoms in total. The van der Waals surface area contributed by atoms with Gasteiger partial charge in [0.05, 0.1) is 10.5 Å². The Morgan fingerprint density at radius 2 is 2.00 bits per heavy atom. The summed E-state index contributed by atoms with van der Waals surface area (Å²) in [5, 5.41) is 3.22. The maximum Gasteiger partial charge on any atom is 0.240 e. The first-order valence-electron chi connectivity index (χ1n) is 7.43. The molecule has 1 aliphatic rings. The van der Waals surface area contributed by atoms with Gasteiger partial charge < -0.3 is 10.1 Å². The number of anilines is 1. The van der Waals surface area contributed by atoms with Crippen LogP contribution in [-0.2, 0) is 14.8 Å². The van der Waals surface area contributed by atoms with E-state index in [4.69, 9.17) is 4.74 Å². The molecule has 1 aliphatic heterocycles. The molecule has 1 aromatic carbocycles. The summed E-state index contributed by atoms with van der Waals surface area (Å²) in [4.78, 5) is 0.283. The molecule has 118 valence electrons. The van der Waals surface area contributed by atoms with Gasteiger partial charge in [-0.15, -0.1) is 0 Å². The average molecular weight is 312 g/mol. The van der Waals surface area contributed by atoms with Crippen molar-refractivity contribution < 1.29 is 13.2 Å². The molecule has 1 aromatic rings. The minimum Gasteiger partial charge on any atom is -0.385 e. The predicted octanol–water partition coefficient (Wildman–Crippen LogP) is 2.36. The third kappa shape index (κ3) is 4.43. The summed E-state index contributed by atoms with van der Waals surface area (Å²) in [7, 11) is -3.48. The highest BCUT2D eigenvalue weighted by molar-refractivity contribution is 7.89. The summed E-state index contributed by atoms with van der Waals surface area (Å²) >= 11 is 0. The minimum atomic E-state index is -3.48. The summed E-state index contributed by atoms with van der Waals surface area (Å²) in [6, 6.07) is 6.83. The Hall–Kier alpha value is -1.11. The molecule has 1 heterocycles. The molecule has 1 atom stereocenters. The van der Waals surface area contributed by atoms with Crippen LogP contribution in [0, 0.1) is 0 Å². The molecular formula is C15H24N2O3S. The lowest BCUT2D eigenvalue weighted by Crippen LogP contribution is -2.40. The Morgan fingerprint density at radius 1 is 1.29 bits per heavy atom. The first-order chi connectivity index (χ1) is 9.95. The molecule has 21 heavy (non-hydrogen) atoms. The van der Waals surface area contributed by atoms with Gasteiger partial charge in [-0.25, -0.2) is 13.1 Å². The highest BCUT2D eigenvalue weighted by Crippen LogP contribution is 2.24. The average Bonchev–Trinajstić information content (AvgIpc) is 2.91. The molecule has 1 unspecified atom stereocenters. The van der Waals surface area contributed by atoms with Gasteiger partial charge in [0, 0.05) is 25.4 Å². The molecule has 0 aliphatic carbocycles. The second-order valence-electron chi connectivity index (χ2n) is 5.68. The number of ether oxygens (including phenoxy) is 1. The van der Waals surface area contributed by atoms with E-state index in [9.17, 15) is 8.42 Å². The Bertz CT molecular complexity index is 549. The first-order valence-corrected chi connectivity index (χ1v) is 8.91. The molecule has 0 saturated carbocycles. The van der Waals surface area contributed by atoms with Crippen molar-refractivity contribution in [2.24, 2.45) is 0 Å². The highest BCUT2D eigenvalue weighted by atomic mass is 32.2. The van der Waals surface area contributed by atoms with Crippen molar-refractivity contribution in [2.75, 3.05) is 25.0 Å². The van der Waals surface area contributed by atoms with Crippen molar-refractivity contribution in [3.05, 3.63) is 24.3 Å². The summed E-state index contributed by atoms with van der Waals surface area (Å²) in [6.07, 6.45) is 2.89. The van der Waals surface area contributed by atoms with Crippen LogP contribution in [0.15, 0.2) is 29.2 Å². The Labute approximate surface area is 127 Å². The van der Waals surface area contributed by atoms with Crippen LogP contribution in [0.3, 0.4) is 0 Å². The normalized spacial score (nSPS) is 22.4. The van der Waals surface area contributed by atoms with Crippen LogP contribution >= 0.6 is 0 Å². The summed E-state index contributed by atoms with van der Waals surface area (Å²) in [5.41, 5.74) is 0.553. The second-order valence-corrected chi connectivity index (χ2v) is 7.44. The van der Waals surface area contributed by atoms with Gasteiger partial charge in [0.2, 0.25) is 10.0 Å². The molecular weight excluding hydrogens is 288 g/mol. The fourth-order valence-corrected chi connectivity index (χ4v) is 3.48. The van der Waals surface area contributed by atoms with E-state index in [1.807, 2.05) is 6.92 Å². The summed E-state index contributed by atoms with van der Waals surface area (Å²) in [5.74, 6) is 0. The van der Waals surface area contributed by atoms with Crippen molar-refractivity contribution in [2.45, 2.75) is 43.6 Å². The van der Waals surface area contributed by atoms with Crippen molar-refractivity contribution in [3.63, 3.8) is 0 Å². The topological polar surface area (TPSA) is 67.4 Å². The Morgan fingerprint density at radius 3 is 2.57 bits per heavy atom. The second kappa shape index (κ2) is 6.77. The molecule has 2 rings (SSSR count). The zero-order valence-electron chi connectivity index (χ0n) is 12.7. The van der Waals surface area contributed by atoms with E-state index in [0.717, 1.165) is 31.5 Å². The van der Waals surface area contributed by atoms with E-state index in [1.54, 1.807) is 24.3 Å². The lowest BCUT2D eigenvalue weighted by Gasteiger charge is -2.23. The van der Waals surface area contributed by atoms with Crippen molar-refractivity contribution >= 4 is 15.7 Å². The van der Waals surface area contributed by atoms with Crippen LogP contribution in [0.1, 0.15) is 33.1 Å². The van der Waals surface area contributed by atoms with E-state index < -0.39 is 10.0 Å². The minimum absolute atomic E-state index is 0.283. The molecule has 0 bridgehead atoms. The first kappa shape index (κ1) is 16.3. The lowest BCUT2D eigenvalue weighted by molar-refractivity contribution is 0.0250. The van der Waals surface area contributed by atoms with Crippen molar-refractivity contribution in [1.29, 1.82) is 0 Å². The quantitative estimate of drug-likeness (QED) is 0.811. The number of rotatable bonds is 7. The number of hydrogen-bond donors (Lipinski definition) is 2. The molecule has 1 saturated heterocycles. The number of benzene rings is 1. The lowest BCUT2D eigenvalue weighted by atomic mass is 10.0. The fourth-order valence-electron chi connectivity index (χ4n) is 2.33. The van der Waals surface area contributed by atoms with Crippen molar-refractivity contribution in [1.82, 2.24) is 4.72 Å². The van der Waals surface area contributed by atoms with Crippen LogP contribution in [0.4, 0.5) is 5.69 Å². The highest BCUT2D eigenvalue weighted by Gasteiger charge is 2.31. The van der Waals surface area contributed by atoms with Crippen molar-refractivity contribution in [3.8, 4) is 0 Å². The number of sulfonamides is 1. The smallest absolute Gasteiger partial charge is 0.240 e. The van der Waals surface area contributed by atoms with Crippen LogP contribution < -0.4 is 10.0 Å². The van der Waals surface area contributed by atoms with E-state index in [2.05, 4.69) is 17.0 Å². The van der Waals surface area contributed by atoms with E-state index in [0.29, 0.717) is 13.2 Å². The maximum absolute atomic E-state index is 12.3. The van der Waals surface area contributed by atoms with E-state index >= 15 is 0 Å². The molecule has 1 fully saturated rings. The van der Waals surface area contributed by atoms with E-state index in [1.165, 1.54) is 0 Å². The largest absolute Gasteiger partial charge is 0.385 e. The fraction of sp³-hybridized carbons (Fsp3) is 0.600. The van der Waals surface area contributed by atoms with Crippen LogP contribution in [-0.4, -0.2) is 33.7 Å². The predicted molar refractivity (Wildman–Crippen MR) is 84.0 cm³/mol. The third-order valence-corrected chi connectivity index (χ3v) is 5.10. The molecule has 2 N–H and O–H groups in total. The van der Waals surface area contributed by atoms with Gasteiger partial charge in [-0.3, -0.25) is 0 Å². The monoisotopic (exact) mass is 312 g/mol. The van der Waals surface area contributed by atoms with Crippen LogP contribution in [0.2, 0.25) is 0 Å². The van der Waals surface area contributed by atoms with Crippen LogP contribution in [0.25, 0.3) is 0 Å². The Balaban J connectivity index is 1.98. The Kier molecular flexibility index (Phi) is 5.24. The SMILES string of the molecule is CCCNc1ccc(S(=O)(=O)NCC2(C)CCCO2)cc1. The van der Waals surface area contributed by atoms with Gasteiger partial charge in [0.15, 0.2) is 0 Å². The van der Waals surface area contributed by atoms with Gasteiger partial charge in [-0.05, 0) is 50.5 Å².